The van der Waals surface area contributed by atoms with Gasteiger partial charge in [-0.25, -0.2) is 4.79 Å². The van der Waals surface area contributed by atoms with E-state index in [2.05, 4.69) is 50.4 Å². The van der Waals surface area contributed by atoms with E-state index in [1.807, 2.05) is 30.0 Å². The van der Waals surface area contributed by atoms with E-state index >= 15 is 0 Å². The Morgan fingerprint density at radius 1 is 1.11 bits per heavy atom. The summed E-state index contributed by atoms with van der Waals surface area (Å²) in [6, 6.07) is 14.8. The number of hydrogen-bond donors (Lipinski definition) is 1. The summed E-state index contributed by atoms with van der Waals surface area (Å²) in [4.78, 5) is 17.1. The molecule has 5 heteroatoms. The number of carbonyl (C=O) groups excluding carboxylic acids is 1. The normalized spacial score (nSPS) is 18.0. The summed E-state index contributed by atoms with van der Waals surface area (Å²) in [5, 5.41) is 3.04. The Morgan fingerprint density at radius 2 is 1.86 bits per heavy atom. The molecule has 2 aliphatic rings. The first-order chi connectivity index (χ1) is 13.6. The standard InChI is InChI=1S/C23H28BrN3O/c1-17-14-21(6-7-22(17)24)25-23(28)27-12-8-18(9-13-27)15-26-11-10-19-4-2-3-5-20(19)16-26/h2-7,14,18H,8-13,15-16H2,1H3,(H,25,28). The van der Waals surface area contributed by atoms with Crippen molar-refractivity contribution in [2.45, 2.75) is 32.7 Å². The van der Waals surface area contributed by atoms with Gasteiger partial charge in [-0.15, -0.1) is 0 Å². The van der Waals surface area contributed by atoms with Gasteiger partial charge >= 0.3 is 6.03 Å². The van der Waals surface area contributed by atoms with Gasteiger partial charge in [-0.2, -0.15) is 0 Å². The highest BCUT2D eigenvalue weighted by Crippen LogP contribution is 2.24. The van der Waals surface area contributed by atoms with Crippen molar-refractivity contribution in [3.05, 3.63) is 63.6 Å². The highest BCUT2D eigenvalue weighted by molar-refractivity contribution is 9.10. The second kappa shape index (κ2) is 8.66. The van der Waals surface area contributed by atoms with Crippen LogP contribution in [0.2, 0.25) is 0 Å². The van der Waals surface area contributed by atoms with Gasteiger partial charge in [0.05, 0.1) is 0 Å². The molecule has 0 unspecified atom stereocenters. The van der Waals surface area contributed by atoms with E-state index in [4.69, 9.17) is 0 Å². The van der Waals surface area contributed by atoms with E-state index in [1.54, 1.807) is 0 Å². The van der Waals surface area contributed by atoms with Gasteiger partial charge in [0.2, 0.25) is 0 Å². The number of hydrogen-bond acceptors (Lipinski definition) is 2. The topological polar surface area (TPSA) is 35.6 Å². The number of benzene rings is 2. The summed E-state index contributed by atoms with van der Waals surface area (Å²) < 4.78 is 1.06. The molecular weight excluding hydrogens is 414 g/mol. The number of carbonyl (C=O) groups is 1. The van der Waals surface area contributed by atoms with E-state index in [0.29, 0.717) is 5.92 Å². The van der Waals surface area contributed by atoms with Crippen LogP contribution < -0.4 is 5.32 Å². The third kappa shape index (κ3) is 4.58. The molecule has 2 aliphatic heterocycles. The van der Waals surface area contributed by atoms with Crippen LogP contribution in [0.5, 0.6) is 0 Å². The van der Waals surface area contributed by atoms with Crippen LogP contribution in [0.4, 0.5) is 10.5 Å². The minimum Gasteiger partial charge on any atom is -0.325 e. The van der Waals surface area contributed by atoms with Gasteiger partial charge in [-0.05, 0) is 67.0 Å². The minimum absolute atomic E-state index is 0.0204. The summed E-state index contributed by atoms with van der Waals surface area (Å²) in [5.74, 6) is 0.684. The van der Waals surface area contributed by atoms with Gasteiger partial charge in [0.1, 0.15) is 0 Å². The highest BCUT2D eigenvalue weighted by atomic mass is 79.9. The largest absolute Gasteiger partial charge is 0.325 e. The molecule has 0 atom stereocenters. The number of halogens is 1. The Kier molecular flexibility index (Phi) is 6.02. The summed E-state index contributed by atoms with van der Waals surface area (Å²) in [6.45, 7) is 7.09. The Hall–Kier alpha value is -1.85. The zero-order chi connectivity index (χ0) is 19.5. The van der Waals surface area contributed by atoms with Crippen molar-refractivity contribution < 1.29 is 4.79 Å². The molecule has 1 fully saturated rings. The van der Waals surface area contributed by atoms with Crippen molar-refractivity contribution in [3.63, 3.8) is 0 Å². The average Bonchev–Trinajstić information content (AvgIpc) is 2.71. The Morgan fingerprint density at radius 3 is 2.61 bits per heavy atom. The van der Waals surface area contributed by atoms with Gasteiger partial charge in [0.25, 0.3) is 0 Å². The maximum Gasteiger partial charge on any atom is 0.321 e. The Bertz CT molecular complexity index is 845. The molecule has 0 spiro atoms. The lowest BCUT2D eigenvalue weighted by Crippen LogP contribution is -2.44. The summed E-state index contributed by atoms with van der Waals surface area (Å²) in [7, 11) is 0. The van der Waals surface area contributed by atoms with Gasteiger partial charge in [-0.1, -0.05) is 40.2 Å². The lowest BCUT2D eigenvalue weighted by Gasteiger charge is -2.36. The number of piperidine rings is 1. The number of aryl methyl sites for hydroxylation is 1. The summed E-state index contributed by atoms with van der Waals surface area (Å²) in [6.07, 6.45) is 3.33. The number of fused-ring (bicyclic) bond motifs is 1. The molecule has 2 aromatic rings. The third-order valence-corrected chi connectivity index (χ3v) is 6.93. The highest BCUT2D eigenvalue weighted by Gasteiger charge is 2.25. The molecule has 0 saturated carbocycles. The van der Waals surface area contributed by atoms with E-state index in [-0.39, 0.29) is 6.03 Å². The van der Waals surface area contributed by atoms with Gasteiger partial charge in [0.15, 0.2) is 0 Å². The van der Waals surface area contributed by atoms with Crippen molar-refractivity contribution in [1.29, 1.82) is 0 Å². The number of nitrogens with zero attached hydrogens (tertiary/aromatic N) is 2. The van der Waals surface area contributed by atoms with Crippen molar-refractivity contribution in [1.82, 2.24) is 9.80 Å². The van der Waals surface area contributed by atoms with Crippen LogP contribution >= 0.6 is 15.9 Å². The monoisotopic (exact) mass is 441 g/mol. The van der Waals surface area contributed by atoms with Crippen LogP contribution in [0.3, 0.4) is 0 Å². The zero-order valence-corrected chi connectivity index (χ0v) is 18.0. The van der Waals surface area contributed by atoms with Crippen LogP contribution in [-0.4, -0.2) is 42.0 Å². The molecule has 1 saturated heterocycles. The van der Waals surface area contributed by atoms with Crippen molar-refractivity contribution >= 4 is 27.6 Å². The lowest BCUT2D eigenvalue weighted by molar-refractivity contribution is 0.147. The molecule has 0 bridgehead atoms. The maximum absolute atomic E-state index is 12.6. The van der Waals surface area contributed by atoms with Crippen LogP contribution in [0, 0.1) is 12.8 Å². The third-order valence-electron chi connectivity index (χ3n) is 6.04. The SMILES string of the molecule is Cc1cc(NC(=O)N2CCC(CN3CCc4ccccc4C3)CC2)ccc1Br. The molecule has 2 heterocycles. The maximum atomic E-state index is 12.6. The minimum atomic E-state index is 0.0204. The van der Waals surface area contributed by atoms with Crippen LogP contribution in [0.1, 0.15) is 29.5 Å². The van der Waals surface area contributed by atoms with Crippen molar-refractivity contribution in [3.8, 4) is 0 Å². The van der Waals surface area contributed by atoms with E-state index in [0.717, 1.165) is 67.7 Å². The Balaban J connectivity index is 1.25. The number of nitrogens with one attached hydrogen (secondary N) is 1. The summed E-state index contributed by atoms with van der Waals surface area (Å²) >= 11 is 3.50. The molecule has 2 amide bonds. The van der Waals surface area contributed by atoms with E-state index in [9.17, 15) is 4.79 Å². The molecule has 148 valence electrons. The number of rotatable bonds is 3. The number of amides is 2. The molecule has 0 radical (unpaired) electrons. The molecule has 28 heavy (non-hydrogen) atoms. The first-order valence-corrected chi connectivity index (χ1v) is 11.0. The first kappa shape index (κ1) is 19.5. The predicted octanol–water partition coefficient (Wildman–Crippen LogP) is 5.06. The number of urea groups is 1. The smallest absolute Gasteiger partial charge is 0.321 e. The second-order valence-electron chi connectivity index (χ2n) is 8.08. The fraction of sp³-hybridized carbons (Fsp3) is 0.435. The molecule has 4 rings (SSSR count). The van der Waals surface area contributed by atoms with Crippen LogP contribution in [0.15, 0.2) is 46.9 Å². The van der Waals surface area contributed by atoms with Gasteiger partial charge in [-0.3, -0.25) is 4.90 Å². The van der Waals surface area contributed by atoms with E-state index < -0.39 is 0 Å². The molecule has 1 N–H and O–H groups in total. The number of anilines is 1. The van der Waals surface area contributed by atoms with E-state index in [1.165, 1.54) is 11.1 Å². The second-order valence-corrected chi connectivity index (χ2v) is 8.93. The van der Waals surface area contributed by atoms with Crippen molar-refractivity contribution in [2.24, 2.45) is 5.92 Å². The Labute approximate surface area is 176 Å². The molecule has 0 aliphatic carbocycles. The van der Waals surface area contributed by atoms with Crippen LogP contribution in [-0.2, 0) is 13.0 Å². The number of likely N-dealkylation sites (tertiary alicyclic amines) is 1. The first-order valence-electron chi connectivity index (χ1n) is 10.2. The molecule has 2 aromatic carbocycles. The average molecular weight is 442 g/mol. The zero-order valence-electron chi connectivity index (χ0n) is 16.5. The fourth-order valence-corrected chi connectivity index (χ4v) is 4.57. The predicted molar refractivity (Wildman–Crippen MR) is 118 cm³/mol. The molecule has 4 nitrogen and oxygen atoms in total. The fourth-order valence-electron chi connectivity index (χ4n) is 4.32. The van der Waals surface area contributed by atoms with Gasteiger partial charge in [0, 0.05) is 42.9 Å². The van der Waals surface area contributed by atoms with Crippen LogP contribution in [0.25, 0.3) is 0 Å². The molecule has 0 aromatic heterocycles. The lowest BCUT2D eigenvalue weighted by atomic mass is 9.94. The molecular formula is C23H28BrN3O. The van der Waals surface area contributed by atoms with Gasteiger partial charge < -0.3 is 10.2 Å². The quantitative estimate of drug-likeness (QED) is 0.722. The summed E-state index contributed by atoms with van der Waals surface area (Å²) in [5.41, 5.74) is 4.98. The van der Waals surface area contributed by atoms with Crippen molar-refractivity contribution in [2.75, 3.05) is 31.5 Å².